The predicted molar refractivity (Wildman–Crippen MR) is 43.7 cm³/mol. The number of hydrogen-bond acceptors (Lipinski definition) is 5. The van der Waals surface area contributed by atoms with E-state index in [2.05, 4.69) is 5.32 Å². The standard InChI is InChI=1S/C8H15NO4/c10-3-4-5-1-2-8(13,9-5)7(12)6(4)11/h4-7,9-13H,1-3H2/t4-,5+,6+,7-,8+/m0/s1. The average molecular weight is 189 g/mol. The second-order valence-corrected chi connectivity index (χ2v) is 4.00. The predicted octanol–water partition coefficient (Wildman–Crippen LogP) is -2.23. The molecule has 0 unspecified atom stereocenters. The van der Waals surface area contributed by atoms with Gasteiger partial charge in [0.25, 0.3) is 0 Å². The number of hydrogen-bond donors (Lipinski definition) is 5. The minimum absolute atomic E-state index is 0.0894. The van der Waals surface area contributed by atoms with Crippen LogP contribution in [0.2, 0.25) is 0 Å². The molecule has 0 aromatic rings. The fourth-order valence-corrected chi connectivity index (χ4v) is 2.39. The number of aliphatic hydroxyl groups is 4. The Morgan fingerprint density at radius 1 is 1.38 bits per heavy atom. The molecule has 0 aliphatic carbocycles. The largest absolute Gasteiger partial charge is 0.396 e. The van der Waals surface area contributed by atoms with Gasteiger partial charge in [0.2, 0.25) is 0 Å². The Morgan fingerprint density at radius 3 is 2.69 bits per heavy atom. The fraction of sp³-hybridized carbons (Fsp3) is 1.00. The summed E-state index contributed by atoms with van der Waals surface area (Å²) < 4.78 is 0. The Bertz CT molecular complexity index is 210. The first-order valence-electron chi connectivity index (χ1n) is 4.55. The van der Waals surface area contributed by atoms with Gasteiger partial charge in [-0.3, -0.25) is 5.32 Å². The maximum Gasteiger partial charge on any atom is 0.144 e. The SMILES string of the molecule is OC[C@@H]1[C@@H](O)[C@H](O)[C@]2(O)CC[C@H]1N2. The lowest BCUT2D eigenvalue weighted by molar-refractivity contribution is -0.175. The van der Waals surface area contributed by atoms with Gasteiger partial charge in [-0.25, -0.2) is 0 Å². The van der Waals surface area contributed by atoms with E-state index in [0.29, 0.717) is 12.8 Å². The van der Waals surface area contributed by atoms with Gasteiger partial charge < -0.3 is 20.4 Å². The summed E-state index contributed by atoms with van der Waals surface area (Å²) in [4.78, 5) is 0. The lowest BCUT2D eigenvalue weighted by Crippen LogP contribution is -2.66. The molecule has 0 aromatic heterocycles. The molecule has 2 bridgehead atoms. The van der Waals surface area contributed by atoms with Crippen LogP contribution in [0, 0.1) is 5.92 Å². The first-order valence-corrected chi connectivity index (χ1v) is 4.55. The van der Waals surface area contributed by atoms with Crippen LogP contribution in [0.4, 0.5) is 0 Å². The zero-order valence-corrected chi connectivity index (χ0v) is 7.22. The molecule has 0 radical (unpaired) electrons. The van der Waals surface area contributed by atoms with Gasteiger partial charge in [0.15, 0.2) is 0 Å². The van der Waals surface area contributed by atoms with Gasteiger partial charge in [-0.2, -0.15) is 0 Å². The Kier molecular flexibility index (Phi) is 2.08. The molecule has 0 spiro atoms. The zero-order valence-electron chi connectivity index (χ0n) is 7.22. The Labute approximate surface area is 76.0 Å². The van der Waals surface area contributed by atoms with Crippen LogP contribution in [0.25, 0.3) is 0 Å². The summed E-state index contributed by atoms with van der Waals surface area (Å²) >= 11 is 0. The minimum Gasteiger partial charge on any atom is -0.396 e. The van der Waals surface area contributed by atoms with E-state index in [1.54, 1.807) is 0 Å². The van der Waals surface area contributed by atoms with Crippen molar-refractivity contribution in [1.82, 2.24) is 5.32 Å². The maximum absolute atomic E-state index is 9.77. The first kappa shape index (κ1) is 9.36. The van der Waals surface area contributed by atoms with Gasteiger partial charge in [0.1, 0.15) is 11.8 Å². The quantitative estimate of drug-likeness (QED) is 0.322. The van der Waals surface area contributed by atoms with E-state index in [4.69, 9.17) is 5.11 Å². The molecular formula is C8H15NO4. The molecule has 0 aromatic carbocycles. The highest BCUT2D eigenvalue weighted by Gasteiger charge is 2.55. The van der Waals surface area contributed by atoms with E-state index >= 15 is 0 Å². The highest BCUT2D eigenvalue weighted by molar-refractivity contribution is 5.07. The van der Waals surface area contributed by atoms with Crippen LogP contribution < -0.4 is 5.32 Å². The van der Waals surface area contributed by atoms with Crippen LogP contribution >= 0.6 is 0 Å². The molecule has 0 saturated carbocycles. The molecule has 5 nitrogen and oxygen atoms in total. The van der Waals surface area contributed by atoms with Gasteiger partial charge >= 0.3 is 0 Å². The summed E-state index contributed by atoms with van der Waals surface area (Å²) in [6.45, 7) is -0.175. The molecule has 13 heavy (non-hydrogen) atoms. The topological polar surface area (TPSA) is 93.0 Å². The normalized spacial score (nSPS) is 55.4. The number of aliphatic hydroxyl groups excluding tert-OH is 3. The molecule has 2 heterocycles. The van der Waals surface area contributed by atoms with Crippen LogP contribution in [0.15, 0.2) is 0 Å². The lowest BCUT2D eigenvalue weighted by atomic mass is 9.86. The van der Waals surface area contributed by atoms with Crippen LogP contribution in [0.5, 0.6) is 0 Å². The summed E-state index contributed by atoms with van der Waals surface area (Å²) in [5.74, 6) is -0.377. The van der Waals surface area contributed by atoms with Crippen molar-refractivity contribution in [2.24, 2.45) is 5.92 Å². The number of rotatable bonds is 1. The molecule has 2 rings (SSSR count). The third kappa shape index (κ3) is 1.19. The molecule has 2 saturated heterocycles. The fourth-order valence-electron chi connectivity index (χ4n) is 2.39. The van der Waals surface area contributed by atoms with E-state index in [1.165, 1.54) is 0 Å². The van der Waals surface area contributed by atoms with Gasteiger partial charge in [-0.05, 0) is 12.8 Å². The van der Waals surface area contributed by atoms with E-state index in [1.807, 2.05) is 0 Å². The average Bonchev–Trinajstić information content (AvgIpc) is 2.45. The van der Waals surface area contributed by atoms with Crippen molar-refractivity contribution >= 4 is 0 Å². The number of piperidine rings is 1. The molecule has 5 atom stereocenters. The van der Waals surface area contributed by atoms with Crippen molar-refractivity contribution in [3.63, 3.8) is 0 Å². The molecule has 2 aliphatic rings. The third-order valence-electron chi connectivity index (χ3n) is 3.25. The van der Waals surface area contributed by atoms with Crippen LogP contribution in [0.1, 0.15) is 12.8 Å². The first-order chi connectivity index (χ1) is 6.08. The van der Waals surface area contributed by atoms with Gasteiger partial charge in [-0.1, -0.05) is 0 Å². The zero-order chi connectivity index (χ0) is 9.64. The van der Waals surface area contributed by atoms with Crippen molar-refractivity contribution in [3.05, 3.63) is 0 Å². The minimum atomic E-state index is -1.35. The summed E-state index contributed by atoms with van der Waals surface area (Å²) in [6, 6.07) is -0.0894. The van der Waals surface area contributed by atoms with Crippen molar-refractivity contribution in [2.45, 2.75) is 36.8 Å². The second kappa shape index (κ2) is 2.90. The number of nitrogens with one attached hydrogen (secondary N) is 1. The lowest BCUT2D eigenvalue weighted by Gasteiger charge is -2.42. The number of fused-ring (bicyclic) bond motifs is 2. The van der Waals surface area contributed by atoms with Gasteiger partial charge in [-0.15, -0.1) is 0 Å². The summed E-state index contributed by atoms with van der Waals surface area (Å²) in [5, 5.41) is 40.7. The molecule has 5 N–H and O–H groups in total. The third-order valence-corrected chi connectivity index (χ3v) is 3.25. The summed E-state index contributed by atoms with van der Waals surface area (Å²) in [6.07, 6.45) is -1.14. The van der Waals surface area contributed by atoms with Crippen molar-refractivity contribution in [1.29, 1.82) is 0 Å². The molecule has 5 heteroatoms. The summed E-state index contributed by atoms with van der Waals surface area (Å²) in [7, 11) is 0. The van der Waals surface area contributed by atoms with Crippen LogP contribution in [-0.4, -0.2) is 51.0 Å². The van der Waals surface area contributed by atoms with E-state index in [9.17, 15) is 15.3 Å². The van der Waals surface area contributed by atoms with E-state index in [-0.39, 0.29) is 18.6 Å². The van der Waals surface area contributed by atoms with Crippen LogP contribution in [-0.2, 0) is 0 Å². The summed E-state index contributed by atoms with van der Waals surface area (Å²) in [5.41, 5.74) is -1.35. The van der Waals surface area contributed by atoms with E-state index < -0.39 is 17.9 Å². The molecule has 76 valence electrons. The van der Waals surface area contributed by atoms with Crippen molar-refractivity contribution < 1.29 is 20.4 Å². The Hall–Kier alpha value is -0.200. The monoisotopic (exact) mass is 189 g/mol. The van der Waals surface area contributed by atoms with Gasteiger partial charge in [0, 0.05) is 18.6 Å². The Morgan fingerprint density at radius 2 is 2.08 bits per heavy atom. The maximum atomic E-state index is 9.77. The van der Waals surface area contributed by atoms with E-state index in [0.717, 1.165) is 0 Å². The highest BCUT2D eigenvalue weighted by Crippen LogP contribution is 2.37. The highest BCUT2D eigenvalue weighted by atomic mass is 16.4. The van der Waals surface area contributed by atoms with Gasteiger partial charge in [0.05, 0.1) is 6.10 Å². The second-order valence-electron chi connectivity index (χ2n) is 4.00. The smallest absolute Gasteiger partial charge is 0.144 e. The van der Waals surface area contributed by atoms with Crippen molar-refractivity contribution in [2.75, 3.05) is 6.61 Å². The van der Waals surface area contributed by atoms with Crippen molar-refractivity contribution in [3.8, 4) is 0 Å². The molecular weight excluding hydrogens is 174 g/mol. The molecule has 2 aliphatic heterocycles. The molecule has 2 fully saturated rings. The Balaban J connectivity index is 2.23. The molecule has 0 amide bonds. The van der Waals surface area contributed by atoms with Crippen LogP contribution in [0.3, 0.4) is 0 Å².